The Kier molecular flexibility index (Phi) is 4.98. The van der Waals surface area contributed by atoms with Gasteiger partial charge in [0.05, 0.1) is 0 Å². The van der Waals surface area contributed by atoms with Gasteiger partial charge in [0, 0.05) is 11.8 Å². The van der Waals surface area contributed by atoms with E-state index in [2.05, 4.69) is 31.2 Å². The molecule has 19 heavy (non-hydrogen) atoms. The summed E-state index contributed by atoms with van der Waals surface area (Å²) < 4.78 is 13.8. The van der Waals surface area contributed by atoms with Gasteiger partial charge in [0.15, 0.2) is 0 Å². The second-order valence-electron chi connectivity index (χ2n) is 4.75. The van der Waals surface area contributed by atoms with Gasteiger partial charge in [0.25, 0.3) is 0 Å². The van der Waals surface area contributed by atoms with E-state index in [1.807, 2.05) is 12.1 Å². The summed E-state index contributed by atoms with van der Waals surface area (Å²) in [7, 11) is 0. The summed E-state index contributed by atoms with van der Waals surface area (Å²) in [6.45, 7) is 2.13. The fourth-order valence-corrected chi connectivity index (χ4v) is 2.52. The van der Waals surface area contributed by atoms with Crippen molar-refractivity contribution in [2.24, 2.45) is 0 Å². The molecule has 0 aromatic heterocycles. The van der Waals surface area contributed by atoms with E-state index < -0.39 is 0 Å². The van der Waals surface area contributed by atoms with Crippen molar-refractivity contribution >= 4 is 11.6 Å². The monoisotopic (exact) mass is 276 g/mol. The molecule has 0 bridgehead atoms. The van der Waals surface area contributed by atoms with E-state index in [0.29, 0.717) is 11.4 Å². The van der Waals surface area contributed by atoms with E-state index in [-0.39, 0.29) is 11.7 Å². The zero-order chi connectivity index (χ0) is 13.7. The second kappa shape index (κ2) is 6.72. The van der Waals surface area contributed by atoms with Gasteiger partial charge in [0.1, 0.15) is 5.82 Å². The number of aryl methyl sites for hydroxylation is 1. The smallest absolute Gasteiger partial charge is 0.126 e. The summed E-state index contributed by atoms with van der Waals surface area (Å²) in [6, 6.07) is 15.4. The van der Waals surface area contributed by atoms with Crippen LogP contribution in [0.15, 0.2) is 48.5 Å². The van der Waals surface area contributed by atoms with E-state index in [1.165, 1.54) is 17.2 Å². The molecule has 0 aliphatic carbocycles. The summed E-state index contributed by atoms with van der Waals surface area (Å²) in [5.41, 5.74) is 3.22. The predicted octanol–water partition coefficient (Wildman–Crippen LogP) is 4.95. The predicted molar refractivity (Wildman–Crippen MR) is 79.4 cm³/mol. The Balaban J connectivity index is 2.17. The Morgan fingerprint density at radius 1 is 1.00 bits per heavy atom. The summed E-state index contributed by atoms with van der Waals surface area (Å²) in [5, 5.41) is 0. The van der Waals surface area contributed by atoms with Gasteiger partial charge in [0.2, 0.25) is 0 Å². The van der Waals surface area contributed by atoms with Gasteiger partial charge in [-0.25, -0.2) is 4.39 Å². The molecule has 0 heterocycles. The summed E-state index contributed by atoms with van der Waals surface area (Å²) in [4.78, 5) is 0. The molecule has 100 valence electrons. The summed E-state index contributed by atoms with van der Waals surface area (Å²) >= 11 is 6.02. The molecular weight excluding hydrogens is 259 g/mol. The molecule has 0 nitrogen and oxygen atoms in total. The molecular formula is C17H18ClF. The maximum absolute atomic E-state index is 13.8. The van der Waals surface area contributed by atoms with Gasteiger partial charge in [-0.3, -0.25) is 0 Å². The molecule has 2 rings (SSSR count). The Morgan fingerprint density at radius 2 is 1.63 bits per heavy atom. The summed E-state index contributed by atoms with van der Waals surface area (Å²) in [5.74, 6) is 0.282. The number of benzene rings is 2. The Morgan fingerprint density at radius 3 is 2.21 bits per heavy atom. The second-order valence-corrected chi connectivity index (χ2v) is 5.06. The Bertz CT molecular complexity index is 519. The van der Waals surface area contributed by atoms with Crippen molar-refractivity contribution in [1.82, 2.24) is 0 Å². The molecule has 0 amide bonds. The third-order valence-electron chi connectivity index (χ3n) is 3.44. The van der Waals surface area contributed by atoms with E-state index in [9.17, 15) is 4.39 Å². The van der Waals surface area contributed by atoms with Crippen LogP contribution in [0, 0.1) is 5.82 Å². The molecule has 0 radical (unpaired) electrons. The maximum Gasteiger partial charge on any atom is 0.126 e. The molecule has 0 aliphatic rings. The third kappa shape index (κ3) is 3.57. The topological polar surface area (TPSA) is 0 Å². The fraction of sp³-hybridized carbons (Fsp3) is 0.294. The highest BCUT2D eigenvalue weighted by Crippen LogP contribution is 2.25. The third-order valence-corrected chi connectivity index (χ3v) is 3.82. The van der Waals surface area contributed by atoms with Crippen molar-refractivity contribution in [2.45, 2.75) is 25.7 Å². The molecule has 0 spiro atoms. The first-order valence-corrected chi connectivity index (χ1v) is 7.16. The average molecular weight is 277 g/mol. The number of hydrogen-bond acceptors (Lipinski definition) is 0. The van der Waals surface area contributed by atoms with Gasteiger partial charge in [-0.2, -0.15) is 0 Å². The van der Waals surface area contributed by atoms with Crippen LogP contribution in [-0.4, -0.2) is 5.88 Å². The zero-order valence-corrected chi connectivity index (χ0v) is 11.8. The van der Waals surface area contributed by atoms with Crippen LogP contribution >= 0.6 is 11.6 Å². The van der Waals surface area contributed by atoms with Crippen LogP contribution in [0.25, 0.3) is 0 Å². The normalized spacial score (nSPS) is 12.4. The summed E-state index contributed by atoms with van der Waals surface area (Å²) in [6.07, 6.45) is 1.81. The molecule has 1 unspecified atom stereocenters. The van der Waals surface area contributed by atoms with Crippen molar-refractivity contribution < 1.29 is 4.39 Å². The average Bonchev–Trinajstić information content (AvgIpc) is 2.46. The van der Waals surface area contributed by atoms with Crippen molar-refractivity contribution in [1.29, 1.82) is 0 Å². The molecule has 2 aromatic carbocycles. The first-order chi connectivity index (χ1) is 9.24. The van der Waals surface area contributed by atoms with Crippen LogP contribution in [0.4, 0.5) is 4.39 Å². The van der Waals surface area contributed by atoms with Gasteiger partial charge in [-0.15, -0.1) is 11.6 Å². The van der Waals surface area contributed by atoms with E-state index in [4.69, 9.17) is 11.6 Å². The van der Waals surface area contributed by atoms with Crippen molar-refractivity contribution in [3.05, 3.63) is 71.0 Å². The van der Waals surface area contributed by atoms with Crippen LogP contribution in [0.5, 0.6) is 0 Å². The molecule has 2 heteroatoms. The number of hydrogen-bond donors (Lipinski definition) is 0. The first-order valence-electron chi connectivity index (χ1n) is 6.62. The van der Waals surface area contributed by atoms with Gasteiger partial charge in [-0.1, -0.05) is 49.4 Å². The number of rotatable bonds is 5. The van der Waals surface area contributed by atoms with E-state index in [1.54, 1.807) is 6.07 Å². The highest BCUT2D eigenvalue weighted by atomic mass is 35.5. The van der Waals surface area contributed by atoms with Crippen LogP contribution in [0.1, 0.15) is 29.5 Å². The van der Waals surface area contributed by atoms with Crippen molar-refractivity contribution in [3.63, 3.8) is 0 Å². The Labute approximate surface area is 119 Å². The molecule has 0 aliphatic heterocycles. The minimum Gasteiger partial charge on any atom is -0.207 e. The van der Waals surface area contributed by atoms with Crippen LogP contribution in [0.3, 0.4) is 0 Å². The lowest BCUT2D eigenvalue weighted by atomic mass is 9.92. The van der Waals surface area contributed by atoms with Crippen LogP contribution < -0.4 is 0 Å². The Hall–Kier alpha value is -1.34. The minimum atomic E-state index is -0.168. The SMILES string of the molecule is CCc1ccc(CC(CCl)c2ccccc2F)cc1. The first kappa shape index (κ1) is 14.1. The fourth-order valence-electron chi connectivity index (χ4n) is 2.25. The molecule has 0 saturated carbocycles. The highest BCUT2D eigenvalue weighted by molar-refractivity contribution is 6.18. The van der Waals surface area contributed by atoms with E-state index >= 15 is 0 Å². The van der Waals surface area contributed by atoms with E-state index in [0.717, 1.165) is 12.8 Å². The lowest BCUT2D eigenvalue weighted by Crippen LogP contribution is -2.07. The molecule has 1 atom stereocenters. The maximum atomic E-state index is 13.8. The van der Waals surface area contributed by atoms with Crippen molar-refractivity contribution in [3.8, 4) is 0 Å². The quantitative estimate of drug-likeness (QED) is 0.678. The molecule has 2 aromatic rings. The van der Waals surface area contributed by atoms with Gasteiger partial charge in [-0.05, 0) is 35.6 Å². The zero-order valence-electron chi connectivity index (χ0n) is 11.1. The molecule has 0 saturated heterocycles. The van der Waals surface area contributed by atoms with Gasteiger partial charge >= 0.3 is 0 Å². The molecule has 0 fully saturated rings. The molecule has 0 N–H and O–H groups in total. The lowest BCUT2D eigenvalue weighted by Gasteiger charge is -2.15. The lowest BCUT2D eigenvalue weighted by molar-refractivity contribution is 0.589. The number of alkyl halides is 1. The number of halogens is 2. The highest BCUT2D eigenvalue weighted by Gasteiger charge is 2.15. The largest absolute Gasteiger partial charge is 0.207 e. The van der Waals surface area contributed by atoms with Crippen LogP contribution in [0.2, 0.25) is 0 Å². The standard InChI is InChI=1S/C17H18ClF/c1-2-13-7-9-14(10-8-13)11-15(12-18)16-5-3-4-6-17(16)19/h3-10,15H,2,11-12H2,1H3. The van der Waals surface area contributed by atoms with Crippen molar-refractivity contribution in [2.75, 3.05) is 5.88 Å². The van der Waals surface area contributed by atoms with Crippen LogP contribution in [-0.2, 0) is 12.8 Å². The van der Waals surface area contributed by atoms with Gasteiger partial charge < -0.3 is 0 Å². The minimum absolute atomic E-state index is 0.0235.